The standard InChI is InChI=1S/C29H31BrCl2N2O3/c1-4-33-29(36)26(14-20-8-6-5-7-9-20)34(17-22-10-12-23(31)16-25(22)32)28(35)18-37-27-13-11-21(19(2)3)15-24(27)30/h5-13,15-16,19,26H,4,14,17-18H2,1-3H3,(H,33,36). The summed E-state index contributed by atoms with van der Waals surface area (Å²) in [5.41, 5.74) is 2.78. The number of benzene rings is 3. The minimum Gasteiger partial charge on any atom is -0.483 e. The Morgan fingerprint density at radius 1 is 1.03 bits per heavy atom. The first-order valence-corrected chi connectivity index (χ1v) is 13.7. The zero-order valence-corrected chi connectivity index (χ0v) is 24.2. The smallest absolute Gasteiger partial charge is 0.261 e. The number of hydrogen-bond acceptors (Lipinski definition) is 3. The number of nitrogens with one attached hydrogen (secondary N) is 1. The van der Waals surface area contributed by atoms with Crippen molar-refractivity contribution in [3.8, 4) is 5.75 Å². The van der Waals surface area contributed by atoms with Crippen molar-refractivity contribution in [2.45, 2.75) is 45.7 Å². The van der Waals surface area contributed by atoms with Gasteiger partial charge in [-0.05, 0) is 69.7 Å². The van der Waals surface area contributed by atoms with Crippen LogP contribution >= 0.6 is 39.1 Å². The molecule has 0 heterocycles. The van der Waals surface area contributed by atoms with E-state index in [9.17, 15) is 9.59 Å². The largest absolute Gasteiger partial charge is 0.483 e. The molecule has 0 saturated carbocycles. The predicted molar refractivity (Wildman–Crippen MR) is 153 cm³/mol. The maximum Gasteiger partial charge on any atom is 0.261 e. The Morgan fingerprint density at radius 3 is 2.38 bits per heavy atom. The first-order valence-electron chi connectivity index (χ1n) is 12.2. The van der Waals surface area contributed by atoms with Gasteiger partial charge >= 0.3 is 0 Å². The van der Waals surface area contributed by atoms with Gasteiger partial charge in [0.15, 0.2) is 6.61 Å². The highest BCUT2D eigenvalue weighted by Gasteiger charge is 2.31. The Labute approximate surface area is 237 Å². The number of amides is 2. The maximum absolute atomic E-state index is 13.7. The molecule has 8 heteroatoms. The Bertz CT molecular complexity index is 1220. The molecule has 0 spiro atoms. The molecule has 0 bridgehead atoms. The lowest BCUT2D eigenvalue weighted by Gasteiger charge is -2.31. The van der Waals surface area contributed by atoms with Gasteiger partial charge in [0.05, 0.1) is 4.47 Å². The number of carbonyl (C=O) groups is 2. The molecular weight excluding hydrogens is 575 g/mol. The summed E-state index contributed by atoms with van der Waals surface area (Å²) in [7, 11) is 0. The highest BCUT2D eigenvalue weighted by atomic mass is 79.9. The lowest BCUT2D eigenvalue weighted by Crippen LogP contribution is -2.51. The van der Waals surface area contributed by atoms with Gasteiger partial charge in [0.2, 0.25) is 5.91 Å². The van der Waals surface area contributed by atoms with Crippen LogP contribution < -0.4 is 10.1 Å². The third kappa shape index (κ3) is 8.22. The topological polar surface area (TPSA) is 58.6 Å². The summed E-state index contributed by atoms with van der Waals surface area (Å²) < 4.78 is 6.68. The number of nitrogens with zero attached hydrogens (tertiary/aromatic N) is 1. The van der Waals surface area contributed by atoms with Crippen LogP contribution in [0.3, 0.4) is 0 Å². The monoisotopic (exact) mass is 604 g/mol. The molecule has 1 atom stereocenters. The quantitative estimate of drug-likeness (QED) is 0.255. The second-order valence-corrected chi connectivity index (χ2v) is 10.7. The second kappa shape index (κ2) is 13.8. The van der Waals surface area contributed by atoms with Crippen molar-refractivity contribution in [2.75, 3.05) is 13.2 Å². The second-order valence-electron chi connectivity index (χ2n) is 8.99. The first-order chi connectivity index (χ1) is 17.7. The maximum atomic E-state index is 13.7. The number of likely N-dealkylation sites (N-methyl/N-ethyl adjacent to an activating group) is 1. The Balaban J connectivity index is 1.91. The summed E-state index contributed by atoms with van der Waals surface area (Å²) in [5.74, 6) is 0.340. The van der Waals surface area contributed by atoms with E-state index in [-0.39, 0.29) is 25.0 Å². The van der Waals surface area contributed by atoms with E-state index in [0.29, 0.717) is 40.2 Å². The molecule has 3 aromatic carbocycles. The molecule has 1 N–H and O–H groups in total. The van der Waals surface area contributed by atoms with Crippen LogP contribution in [-0.2, 0) is 22.6 Å². The molecule has 0 aliphatic rings. The van der Waals surface area contributed by atoms with Crippen LogP contribution in [0.4, 0.5) is 0 Å². The van der Waals surface area contributed by atoms with Gasteiger partial charge in [-0.25, -0.2) is 0 Å². The van der Waals surface area contributed by atoms with Gasteiger partial charge in [0.1, 0.15) is 11.8 Å². The number of hydrogen-bond donors (Lipinski definition) is 1. The van der Waals surface area contributed by atoms with E-state index in [1.54, 1.807) is 18.2 Å². The van der Waals surface area contributed by atoms with Crippen LogP contribution in [-0.4, -0.2) is 35.9 Å². The summed E-state index contributed by atoms with van der Waals surface area (Å²) >= 11 is 16.1. The molecule has 2 amide bonds. The van der Waals surface area contributed by atoms with Gasteiger partial charge in [0, 0.05) is 29.6 Å². The van der Waals surface area contributed by atoms with Gasteiger partial charge in [-0.15, -0.1) is 0 Å². The van der Waals surface area contributed by atoms with Crippen LogP contribution in [0.1, 0.15) is 43.4 Å². The number of halogens is 3. The highest BCUT2D eigenvalue weighted by Crippen LogP contribution is 2.29. The fourth-order valence-electron chi connectivity index (χ4n) is 3.90. The Hall–Kier alpha value is -2.54. The molecule has 5 nitrogen and oxygen atoms in total. The van der Waals surface area contributed by atoms with Crippen molar-refractivity contribution in [1.82, 2.24) is 10.2 Å². The molecule has 0 saturated heterocycles. The van der Waals surface area contributed by atoms with E-state index in [2.05, 4.69) is 35.1 Å². The molecule has 0 radical (unpaired) electrons. The van der Waals surface area contributed by atoms with E-state index in [1.165, 1.54) is 4.90 Å². The van der Waals surface area contributed by atoms with Crippen LogP contribution in [0.15, 0.2) is 71.2 Å². The minimum atomic E-state index is -0.767. The molecule has 0 fully saturated rings. The zero-order chi connectivity index (χ0) is 26.9. The van der Waals surface area contributed by atoms with E-state index in [1.807, 2.05) is 55.5 Å². The van der Waals surface area contributed by atoms with Crippen LogP contribution in [0.25, 0.3) is 0 Å². The zero-order valence-electron chi connectivity index (χ0n) is 21.1. The third-order valence-corrected chi connectivity index (χ3v) is 7.16. The predicted octanol–water partition coefficient (Wildman–Crippen LogP) is 7.03. The minimum absolute atomic E-state index is 0.125. The molecule has 0 aliphatic heterocycles. The van der Waals surface area contributed by atoms with Crippen molar-refractivity contribution in [3.63, 3.8) is 0 Å². The van der Waals surface area contributed by atoms with Crippen LogP contribution in [0.5, 0.6) is 5.75 Å². The van der Waals surface area contributed by atoms with Crippen molar-refractivity contribution in [3.05, 3.63) is 97.9 Å². The van der Waals surface area contributed by atoms with E-state index in [0.717, 1.165) is 15.6 Å². The van der Waals surface area contributed by atoms with Crippen molar-refractivity contribution in [2.24, 2.45) is 0 Å². The van der Waals surface area contributed by atoms with Crippen molar-refractivity contribution in [1.29, 1.82) is 0 Å². The number of rotatable bonds is 11. The normalized spacial score (nSPS) is 11.8. The van der Waals surface area contributed by atoms with Gasteiger partial charge < -0.3 is 15.0 Å². The SMILES string of the molecule is CCNC(=O)C(Cc1ccccc1)N(Cc1ccc(Cl)cc1Cl)C(=O)COc1ccc(C(C)C)cc1Br. The molecule has 3 aromatic rings. The van der Waals surface area contributed by atoms with Crippen LogP contribution in [0.2, 0.25) is 10.0 Å². The molecule has 3 rings (SSSR count). The molecule has 196 valence electrons. The average molecular weight is 606 g/mol. The molecule has 1 unspecified atom stereocenters. The van der Waals surface area contributed by atoms with Gasteiger partial charge in [-0.2, -0.15) is 0 Å². The van der Waals surface area contributed by atoms with Crippen molar-refractivity contribution >= 4 is 50.9 Å². The Morgan fingerprint density at radius 2 is 1.76 bits per heavy atom. The van der Waals surface area contributed by atoms with E-state index >= 15 is 0 Å². The summed E-state index contributed by atoms with van der Waals surface area (Å²) in [6, 6.07) is 19.8. The highest BCUT2D eigenvalue weighted by molar-refractivity contribution is 9.10. The average Bonchev–Trinajstić information content (AvgIpc) is 2.87. The van der Waals surface area contributed by atoms with Crippen molar-refractivity contribution < 1.29 is 14.3 Å². The molecule has 37 heavy (non-hydrogen) atoms. The molecular formula is C29H31BrCl2N2O3. The van der Waals surface area contributed by atoms with Gasteiger partial charge in [-0.3, -0.25) is 9.59 Å². The number of ether oxygens (including phenoxy) is 1. The summed E-state index contributed by atoms with van der Waals surface area (Å²) in [6.07, 6.45) is 0.344. The lowest BCUT2D eigenvalue weighted by molar-refractivity contribution is -0.142. The van der Waals surface area contributed by atoms with Crippen LogP contribution in [0, 0.1) is 0 Å². The lowest BCUT2D eigenvalue weighted by atomic mass is 10.0. The third-order valence-electron chi connectivity index (χ3n) is 5.95. The first kappa shape index (κ1) is 29.0. The fraction of sp³-hybridized carbons (Fsp3) is 0.310. The van der Waals surface area contributed by atoms with E-state index < -0.39 is 6.04 Å². The summed E-state index contributed by atoms with van der Waals surface area (Å²) in [6.45, 7) is 6.40. The molecule has 0 aromatic heterocycles. The van der Waals surface area contributed by atoms with Gasteiger partial charge in [0.25, 0.3) is 5.91 Å². The fourth-order valence-corrected chi connectivity index (χ4v) is 4.87. The summed E-state index contributed by atoms with van der Waals surface area (Å²) in [5, 5.41) is 3.79. The molecule has 0 aliphatic carbocycles. The van der Waals surface area contributed by atoms with Gasteiger partial charge in [-0.1, -0.05) is 79.5 Å². The van der Waals surface area contributed by atoms with E-state index in [4.69, 9.17) is 27.9 Å². The Kier molecular flexibility index (Phi) is 10.9. The number of carbonyl (C=O) groups excluding carboxylic acids is 2. The summed E-state index contributed by atoms with van der Waals surface area (Å²) in [4.78, 5) is 28.4.